The van der Waals surface area contributed by atoms with Gasteiger partial charge < -0.3 is 5.11 Å². The summed E-state index contributed by atoms with van der Waals surface area (Å²) in [5, 5.41) is 8.70. The Kier molecular flexibility index (Phi) is 7.59. The van der Waals surface area contributed by atoms with Crippen molar-refractivity contribution in [1.29, 1.82) is 0 Å². The lowest BCUT2D eigenvalue weighted by Crippen LogP contribution is -1.97. The van der Waals surface area contributed by atoms with Crippen molar-refractivity contribution < 1.29 is 5.11 Å². The van der Waals surface area contributed by atoms with Crippen molar-refractivity contribution in [2.75, 3.05) is 6.61 Å². The van der Waals surface area contributed by atoms with Crippen LogP contribution in [0.15, 0.2) is 12.2 Å². The molecule has 0 aromatic carbocycles. The highest BCUT2D eigenvalue weighted by atomic mass is 16.3. The van der Waals surface area contributed by atoms with Crippen LogP contribution in [0, 0.1) is 5.92 Å². The molecule has 0 saturated carbocycles. The summed E-state index contributed by atoms with van der Waals surface area (Å²) in [5.41, 5.74) is 0. The second-order valence-electron chi connectivity index (χ2n) is 3.14. The van der Waals surface area contributed by atoms with Gasteiger partial charge in [0.25, 0.3) is 0 Å². The fourth-order valence-electron chi connectivity index (χ4n) is 0.843. The van der Waals surface area contributed by atoms with Crippen LogP contribution in [-0.2, 0) is 0 Å². The molecule has 0 aromatic rings. The van der Waals surface area contributed by atoms with Crippen LogP contribution in [0.1, 0.15) is 39.5 Å². The first-order valence-corrected chi connectivity index (χ1v) is 4.57. The normalized spacial score (nSPS) is 14.1. The zero-order valence-corrected chi connectivity index (χ0v) is 7.71. The second-order valence-corrected chi connectivity index (χ2v) is 3.14. The van der Waals surface area contributed by atoms with E-state index in [1.165, 1.54) is 19.3 Å². The van der Waals surface area contributed by atoms with Crippen LogP contribution in [0.5, 0.6) is 0 Å². The number of allylic oxidation sites excluding steroid dienone is 2. The molecule has 0 heterocycles. The van der Waals surface area contributed by atoms with Crippen molar-refractivity contribution in [2.45, 2.75) is 39.5 Å². The Morgan fingerprint density at radius 2 is 2.09 bits per heavy atom. The molecule has 0 aliphatic carbocycles. The molecule has 0 amide bonds. The third-order valence-electron chi connectivity index (χ3n) is 1.74. The van der Waals surface area contributed by atoms with Gasteiger partial charge in [-0.25, -0.2) is 0 Å². The zero-order valence-electron chi connectivity index (χ0n) is 7.71. The molecule has 0 radical (unpaired) electrons. The number of unbranched alkanes of at least 4 members (excludes halogenated alkanes) is 2. The topological polar surface area (TPSA) is 20.2 Å². The summed E-state index contributed by atoms with van der Waals surface area (Å²) < 4.78 is 0. The van der Waals surface area contributed by atoms with E-state index in [-0.39, 0.29) is 0 Å². The molecule has 0 aromatic heterocycles. The fraction of sp³-hybridized carbons (Fsp3) is 0.800. The summed E-state index contributed by atoms with van der Waals surface area (Å²) in [6.45, 7) is 4.56. The second kappa shape index (κ2) is 7.80. The van der Waals surface area contributed by atoms with Crippen LogP contribution in [-0.4, -0.2) is 11.7 Å². The molecule has 0 bridgehead atoms. The maximum absolute atomic E-state index is 8.70. The van der Waals surface area contributed by atoms with Crippen LogP contribution in [0.2, 0.25) is 0 Å². The third kappa shape index (κ3) is 7.60. The highest BCUT2D eigenvalue weighted by Crippen LogP contribution is 2.02. The van der Waals surface area contributed by atoms with E-state index in [0.717, 1.165) is 6.42 Å². The lowest BCUT2D eigenvalue weighted by atomic mass is 10.1. The summed E-state index contributed by atoms with van der Waals surface area (Å²) in [6.07, 6.45) is 9.14. The number of aliphatic hydroxyl groups excluding tert-OH is 1. The van der Waals surface area contributed by atoms with Gasteiger partial charge in [0.2, 0.25) is 0 Å². The molecule has 1 N–H and O–H groups in total. The highest BCUT2D eigenvalue weighted by Gasteiger charge is 1.93. The lowest BCUT2D eigenvalue weighted by molar-refractivity contribution is 0.239. The maximum atomic E-state index is 8.70. The molecule has 0 spiro atoms. The summed E-state index contributed by atoms with van der Waals surface area (Å²) in [7, 11) is 0. The molecular formula is C10H20O. The quantitative estimate of drug-likeness (QED) is 0.463. The number of hydrogen-bond acceptors (Lipinski definition) is 1. The first-order chi connectivity index (χ1) is 5.31. The Hall–Kier alpha value is -0.300. The first kappa shape index (κ1) is 10.7. The molecule has 0 saturated heterocycles. The smallest absolute Gasteiger partial charge is 0.0459 e. The molecule has 0 aliphatic heterocycles. The van der Waals surface area contributed by atoms with E-state index in [2.05, 4.69) is 26.0 Å². The molecule has 0 aliphatic rings. The zero-order chi connectivity index (χ0) is 8.53. The van der Waals surface area contributed by atoms with E-state index in [1.807, 2.05) is 0 Å². The molecule has 1 atom stereocenters. The van der Waals surface area contributed by atoms with Gasteiger partial charge >= 0.3 is 0 Å². The van der Waals surface area contributed by atoms with Gasteiger partial charge in [0, 0.05) is 6.61 Å². The van der Waals surface area contributed by atoms with Gasteiger partial charge in [0.05, 0.1) is 0 Å². The standard InChI is InChI=1S/C10H20O/c1-3-4-5-6-7-8-10(2)9-11/h6-7,10-11H,3-5,8-9H2,1-2H3/b7-6-/t10-/m0/s1. The highest BCUT2D eigenvalue weighted by molar-refractivity contribution is 4.82. The Morgan fingerprint density at radius 1 is 1.36 bits per heavy atom. The minimum Gasteiger partial charge on any atom is -0.396 e. The van der Waals surface area contributed by atoms with E-state index in [4.69, 9.17) is 5.11 Å². The minimum atomic E-state index is 0.304. The van der Waals surface area contributed by atoms with Crippen molar-refractivity contribution in [3.8, 4) is 0 Å². The van der Waals surface area contributed by atoms with E-state index in [1.54, 1.807) is 0 Å². The van der Waals surface area contributed by atoms with Crippen LogP contribution in [0.4, 0.5) is 0 Å². The lowest BCUT2D eigenvalue weighted by Gasteiger charge is -2.01. The molecule has 1 nitrogen and oxygen atoms in total. The number of hydrogen-bond donors (Lipinski definition) is 1. The molecule has 66 valence electrons. The van der Waals surface area contributed by atoms with Gasteiger partial charge in [-0.2, -0.15) is 0 Å². The predicted molar refractivity (Wildman–Crippen MR) is 49.5 cm³/mol. The first-order valence-electron chi connectivity index (χ1n) is 4.57. The Bertz CT molecular complexity index is 97.0. The van der Waals surface area contributed by atoms with Crippen LogP contribution < -0.4 is 0 Å². The Morgan fingerprint density at radius 3 is 2.64 bits per heavy atom. The number of aliphatic hydroxyl groups is 1. The van der Waals surface area contributed by atoms with Crippen LogP contribution in [0.3, 0.4) is 0 Å². The van der Waals surface area contributed by atoms with E-state index >= 15 is 0 Å². The van der Waals surface area contributed by atoms with E-state index < -0.39 is 0 Å². The summed E-state index contributed by atoms with van der Waals surface area (Å²) in [4.78, 5) is 0. The predicted octanol–water partition coefficient (Wildman–Crippen LogP) is 2.75. The molecular weight excluding hydrogens is 136 g/mol. The van der Waals surface area contributed by atoms with Gasteiger partial charge in [-0.3, -0.25) is 0 Å². The van der Waals surface area contributed by atoms with Crippen LogP contribution >= 0.6 is 0 Å². The minimum absolute atomic E-state index is 0.304. The van der Waals surface area contributed by atoms with Gasteiger partial charge in [-0.05, 0) is 18.8 Å². The maximum Gasteiger partial charge on any atom is 0.0459 e. The van der Waals surface area contributed by atoms with Crippen molar-refractivity contribution in [1.82, 2.24) is 0 Å². The van der Waals surface area contributed by atoms with Crippen molar-refractivity contribution >= 4 is 0 Å². The number of rotatable bonds is 6. The monoisotopic (exact) mass is 156 g/mol. The van der Waals surface area contributed by atoms with Gasteiger partial charge in [0.1, 0.15) is 0 Å². The third-order valence-corrected chi connectivity index (χ3v) is 1.74. The van der Waals surface area contributed by atoms with Gasteiger partial charge in [-0.1, -0.05) is 38.8 Å². The molecule has 1 heteroatoms. The average Bonchev–Trinajstić information content (AvgIpc) is 2.04. The molecule has 0 rings (SSSR count). The Balaban J connectivity index is 3.15. The largest absolute Gasteiger partial charge is 0.396 e. The summed E-state index contributed by atoms with van der Waals surface area (Å²) >= 11 is 0. The summed E-state index contributed by atoms with van der Waals surface area (Å²) in [6, 6.07) is 0. The molecule has 11 heavy (non-hydrogen) atoms. The van der Waals surface area contributed by atoms with Crippen molar-refractivity contribution in [2.24, 2.45) is 5.92 Å². The van der Waals surface area contributed by atoms with Gasteiger partial charge in [-0.15, -0.1) is 0 Å². The van der Waals surface area contributed by atoms with Crippen LogP contribution in [0.25, 0.3) is 0 Å². The fourth-order valence-corrected chi connectivity index (χ4v) is 0.843. The summed E-state index contributed by atoms with van der Waals surface area (Å²) in [5.74, 6) is 0.424. The SMILES string of the molecule is CCCC/C=C\C[C@H](C)CO. The van der Waals surface area contributed by atoms with Crippen molar-refractivity contribution in [3.63, 3.8) is 0 Å². The molecule has 0 fully saturated rings. The van der Waals surface area contributed by atoms with E-state index in [0.29, 0.717) is 12.5 Å². The molecule has 0 unspecified atom stereocenters. The Labute approximate surface area is 70.1 Å². The van der Waals surface area contributed by atoms with Crippen molar-refractivity contribution in [3.05, 3.63) is 12.2 Å². The van der Waals surface area contributed by atoms with E-state index in [9.17, 15) is 0 Å². The average molecular weight is 156 g/mol. The van der Waals surface area contributed by atoms with Gasteiger partial charge in [0.15, 0.2) is 0 Å².